The molecule has 1 atom stereocenters. The van der Waals surface area contributed by atoms with Crippen LogP contribution in [-0.4, -0.2) is 24.2 Å². The van der Waals surface area contributed by atoms with Crippen molar-refractivity contribution in [1.29, 1.82) is 0 Å². The largest absolute Gasteiger partial charge is 0.353 e. The zero-order chi connectivity index (χ0) is 12.1. The van der Waals surface area contributed by atoms with Gasteiger partial charge in [-0.15, -0.1) is 0 Å². The van der Waals surface area contributed by atoms with Gasteiger partial charge < -0.3 is 9.47 Å². The molecule has 1 aromatic heterocycles. The molecular weight excluding hydrogens is 242 g/mol. The van der Waals surface area contributed by atoms with Crippen LogP contribution < -0.4 is 0 Å². The number of rotatable bonds is 4. The summed E-state index contributed by atoms with van der Waals surface area (Å²) in [6.45, 7) is 1.06. The molecule has 0 bridgehead atoms. The summed E-state index contributed by atoms with van der Waals surface area (Å²) in [6, 6.07) is 1.65. The summed E-state index contributed by atoms with van der Waals surface area (Å²) < 4.78 is 11.0. The molecule has 1 unspecified atom stereocenters. The van der Waals surface area contributed by atoms with Crippen LogP contribution in [0.5, 0.6) is 0 Å². The van der Waals surface area contributed by atoms with Crippen LogP contribution in [0.25, 0.3) is 0 Å². The van der Waals surface area contributed by atoms with E-state index in [4.69, 9.17) is 21.1 Å². The maximum atomic E-state index is 10.8. The lowest BCUT2D eigenvalue weighted by Gasteiger charge is -2.22. The summed E-state index contributed by atoms with van der Waals surface area (Å²) in [5.41, 5.74) is 1.25. The number of hydrogen-bond donors (Lipinski definition) is 0. The molecule has 0 radical (unpaired) electrons. The molecule has 0 N–H and O–H groups in total. The number of pyridine rings is 1. The average Bonchev–Trinajstić information content (AvgIpc) is 2.38. The van der Waals surface area contributed by atoms with Gasteiger partial charge in [0.15, 0.2) is 12.6 Å². The minimum absolute atomic E-state index is 0.171. The summed E-state index contributed by atoms with van der Waals surface area (Å²) in [5, 5.41) is 0.360. The number of halogens is 1. The summed E-state index contributed by atoms with van der Waals surface area (Å²) in [4.78, 5) is 14.7. The molecule has 1 aliphatic rings. The van der Waals surface area contributed by atoms with Crippen molar-refractivity contribution < 1.29 is 14.3 Å². The van der Waals surface area contributed by atoms with Gasteiger partial charge >= 0.3 is 0 Å². The monoisotopic (exact) mass is 255 g/mol. The molecule has 0 amide bonds. The van der Waals surface area contributed by atoms with E-state index in [0.29, 0.717) is 17.3 Å². The fraction of sp³-hybridized carbons (Fsp3) is 0.500. The highest BCUT2D eigenvalue weighted by Crippen LogP contribution is 2.18. The number of carbonyl (C=O) groups is 1. The van der Waals surface area contributed by atoms with E-state index in [-0.39, 0.29) is 6.29 Å². The van der Waals surface area contributed by atoms with Crippen molar-refractivity contribution in [2.75, 3.05) is 6.61 Å². The quantitative estimate of drug-likeness (QED) is 0.613. The molecule has 2 heterocycles. The molecule has 0 aliphatic carbocycles. The minimum Gasteiger partial charge on any atom is -0.353 e. The molecule has 17 heavy (non-hydrogen) atoms. The van der Waals surface area contributed by atoms with Gasteiger partial charge in [0.1, 0.15) is 5.15 Å². The Morgan fingerprint density at radius 1 is 1.59 bits per heavy atom. The second kappa shape index (κ2) is 6.10. The first-order chi connectivity index (χ1) is 8.29. The van der Waals surface area contributed by atoms with Crippen molar-refractivity contribution in [3.8, 4) is 0 Å². The van der Waals surface area contributed by atoms with Crippen molar-refractivity contribution in [3.63, 3.8) is 0 Å². The number of aldehydes is 1. The third-order valence-electron chi connectivity index (χ3n) is 2.68. The van der Waals surface area contributed by atoms with Gasteiger partial charge in [-0.3, -0.25) is 4.79 Å². The van der Waals surface area contributed by atoms with E-state index in [1.807, 2.05) is 0 Å². The Hall–Kier alpha value is -0.970. The SMILES string of the molecule is O=Cc1cnc(Cl)cc1COC1CCCCO1. The zero-order valence-corrected chi connectivity index (χ0v) is 10.2. The fourth-order valence-electron chi connectivity index (χ4n) is 1.73. The first-order valence-corrected chi connectivity index (χ1v) is 6.00. The van der Waals surface area contributed by atoms with Crippen LogP contribution in [0.15, 0.2) is 12.3 Å². The van der Waals surface area contributed by atoms with Crippen LogP contribution in [0.1, 0.15) is 35.2 Å². The first-order valence-electron chi connectivity index (χ1n) is 5.62. The van der Waals surface area contributed by atoms with Crippen LogP contribution in [0.4, 0.5) is 0 Å². The molecule has 5 heteroatoms. The lowest BCUT2D eigenvalue weighted by molar-refractivity contribution is -0.168. The highest BCUT2D eigenvalue weighted by atomic mass is 35.5. The van der Waals surface area contributed by atoms with E-state index in [1.165, 1.54) is 6.20 Å². The van der Waals surface area contributed by atoms with Crippen molar-refractivity contribution >= 4 is 17.9 Å². The number of nitrogens with zero attached hydrogens (tertiary/aromatic N) is 1. The minimum atomic E-state index is -0.171. The molecule has 0 aromatic carbocycles. The molecule has 1 aromatic rings. The highest BCUT2D eigenvalue weighted by molar-refractivity contribution is 6.29. The van der Waals surface area contributed by atoms with Crippen molar-refractivity contribution in [2.24, 2.45) is 0 Å². The van der Waals surface area contributed by atoms with E-state index < -0.39 is 0 Å². The van der Waals surface area contributed by atoms with Gasteiger partial charge in [-0.05, 0) is 30.9 Å². The van der Waals surface area contributed by atoms with Gasteiger partial charge in [-0.2, -0.15) is 0 Å². The van der Waals surface area contributed by atoms with Crippen molar-refractivity contribution in [1.82, 2.24) is 4.98 Å². The summed E-state index contributed by atoms with van der Waals surface area (Å²) in [7, 11) is 0. The Balaban J connectivity index is 1.97. The predicted octanol–water partition coefficient (Wildman–Crippen LogP) is 2.59. The van der Waals surface area contributed by atoms with Gasteiger partial charge in [0.25, 0.3) is 0 Å². The first kappa shape index (κ1) is 12.5. The molecule has 92 valence electrons. The van der Waals surface area contributed by atoms with Crippen LogP contribution in [0.3, 0.4) is 0 Å². The fourth-order valence-corrected chi connectivity index (χ4v) is 1.92. The Kier molecular flexibility index (Phi) is 4.48. The van der Waals surface area contributed by atoms with Gasteiger partial charge in [0.2, 0.25) is 0 Å². The van der Waals surface area contributed by atoms with Crippen LogP contribution >= 0.6 is 11.6 Å². The Bertz CT molecular complexity index is 391. The van der Waals surface area contributed by atoms with Crippen LogP contribution in [-0.2, 0) is 16.1 Å². The third kappa shape index (κ3) is 3.49. The molecule has 1 aliphatic heterocycles. The number of carbonyl (C=O) groups excluding carboxylic acids is 1. The smallest absolute Gasteiger partial charge is 0.158 e. The summed E-state index contributed by atoms with van der Waals surface area (Å²) in [6.07, 6.45) is 5.13. The molecular formula is C12H14ClNO3. The molecule has 4 nitrogen and oxygen atoms in total. The molecule has 1 saturated heterocycles. The lowest BCUT2D eigenvalue weighted by Crippen LogP contribution is -2.22. The summed E-state index contributed by atoms with van der Waals surface area (Å²) >= 11 is 5.78. The maximum Gasteiger partial charge on any atom is 0.158 e. The molecule has 0 saturated carbocycles. The van der Waals surface area contributed by atoms with Crippen LogP contribution in [0, 0.1) is 0 Å². The molecule has 1 fully saturated rings. The normalized spacial score (nSPS) is 20.2. The Morgan fingerprint density at radius 2 is 2.47 bits per heavy atom. The van der Waals surface area contributed by atoms with Crippen LogP contribution in [0.2, 0.25) is 5.15 Å². The number of aromatic nitrogens is 1. The lowest BCUT2D eigenvalue weighted by atomic mass is 10.1. The van der Waals surface area contributed by atoms with E-state index in [0.717, 1.165) is 37.7 Å². The van der Waals surface area contributed by atoms with Gasteiger partial charge in [0.05, 0.1) is 6.61 Å². The summed E-state index contributed by atoms with van der Waals surface area (Å²) in [5.74, 6) is 0. The zero-order valence-electron chi connectivity index (χ0n) is 9.39. The standard InChI is InChI=1S/C12H14ClNO3/c13-11-5-9(10(7-15)6-14-11)8-17-12-3-1-2-4-16-12/h5-7,12H,1-4,8H2. The predicted molar refractivity (Wildman–Crippen MR) is 63.0 cm³/mol. The third-order valence-corrected chi connectivity index (χ3v) is 2.89. The second-order valence-corrected chi connectivity index (χ2v) is 4.32. The van der Waals surface area contributed by atoms with E-state index >= 15 is 0 Å². The maximum absolute atomic E-state index is 10.8. The van der Waals surface area contributed by atoms with E-state index in [1.54, 1.807) is 6.07 Å². The molecule has 0 spiro atoms. The van der Waals surface area contributed by atoms with Gasteiger partial charge in [0, 0.05) is 18.4 Å². The van der Waals surface area contributed by atoms with Gasteiger partial charge in [-0.25, -0.2) is 4.98 Å². The Labute approximate surface area is 105 Å². The second-order valence-electron chi connectivity index (χ2n) is 3.93. The number of hydrogen-bond acceptors (Lipinski definition) is 4. The van der Waals surface area contributed by atoms with Crippen molar-refractivity contribution in [3.05, 3.63) is 28.5 Å². The highest BCUT2D eigenvalue weighted by Gasteiger charge is 2.15. The molecule has 2 rings (SSSR count). The van der Waals surface area contributed by atoms with E-state index in [9.17, 15) is 4.79 Å². The van der Waals surface area contributed by atoms with Crippen molar-refractivity contribution in [2.45, 2.75) is 32.2 Å². The van der Waals surface area contributed by atoms with Gasteiger partial charge in [-0.1, -0.05) is 11.6 Å². The van der Waals surface area contributed by atoms with E-state index in [2.05, 4.69) is 4.98 Å². The number of ether oxygens (including phenoxy) is 2. The average molecular weight is 256 g/mol. The Morgan fingerprint density at radius 3 is 3.18 bits per heavy atom. The topological polar surface area (TPSA) is 48.4 Å².